The van der Waals surface area contributed by atoms with E-state index in [0.717, 1.165) is 5.56 Å². The number of hydrogen-bond donors (Lipinski definition) is 2. The van der Waals surface area contributed by atoms with Crippen LogP contribution in [0.3, 0.4) is 0 Å². The largest absolute Gasteiger partial charge is 0.493 e. The van der Waals surface area contributed by atoms with Gasteiger partial charge in [0.15, 0.2) is 11.5 Å². The van der Waals surface area contributed by atoms with E-state index in [1.807, 2.05) is 32.0 Å². The molecule has 0 radical (unpaired) electrons. The first-order valence-electron chi connectivity index (χ1n) is 5.71. The van der Waals surface area contributed by atoms with Gasteiger partial charge in [-0.25, -0.2) is 0 Å². The summed E-state index contributed by atoms with van der Waals surface area (Å²) in [6.07, 6.45) is 0. The molecular weight excluding hydrogens is 218 g/mol. The second-order valence-electron chi connectivity index (χ2n) is 4.14. The zero-order valence-electron chi connectivity index (χ0n) is 10.9. The zero-order chi connectivity index (χ0) is 12.8. The second kappa shape index (κ2) is 6.47. The Labute approximate surface area is 103 Å². The molecule has 0 saturated carbocycles. The number of methoxy groups -OCH3 is 2. The fourth-order valence-electron chi connectivity index (χ4n) is 1.83. The molecule has 0 saturated heterocycles. The molecule has 17 heavy (non-hydrogen) atoms. The Kier molecular flexibility index (Phi) is 5.25. The van der Waals surface area contributed by atoms with Crippen LogP contribution in [0.5, 0.6) is 11.5 Å². The van der Waals surface area contributed by atoms with Crippen LogP contribution >= 0.6 is 0 Å². The van der Waals surface area contributed by atoms with Gasteiger partial charge in [-0.2, -0.15) is 0 Å². The summed E-state index contributed by atoms with van der Waals surface area (Å²) in [7, 11) is 3.20. The van der Waals surface area contributed by atoms with Gasteiger partial charge in [-0.15, -0.1) is 0 Å². The van der Waals surface area contributed by atoms with Gasteiger partial charge in [0.2, 0.25) is 0 Å². The Morgan fingerprint density at radius 3 is 2.41 bits per heavy atom. The summed E-state index contributed by atoms with van der Waals surface area (Å²) in [5, 5.41) is 12.7. The Morgan fingerprint density at radius 2 is 1.94 bits per heavy atom. The van der Waals surface area contributed by atoms with Crippen molar-refractivity contribution in [2.45, 2.75) is 25.9 Å². The van der Waals surface area contributed by atoms with E-state index in [2.05, 4.69) is 5.32 Å². The maximum absolute atomic E-state index is 9.45. The van der Waals surface area contributed by atoms with E-state index in [-0.39, 0.29) is 18.7 Å². The number of ether oxygens (including phenoxy) is 2. The Bertz CT molecular complexity index is 353. The molecule has 0 aromatic heterocycles. The Morgan fingerprint density at radius 1 is 1.24 bits per heavy atom. The maximum atomic E-state index is 9.45. The normalized spacial score (nSPS) is 12.6. The Balaban J connectivity index is 3.09. The molecule has 1 aromatic rings. The average molecular weight is 239 g/mol. The molecule has 0 bridgehead atoms. The van der Waals surface area contributed by atoms with Crippen LogP contribution in [0.15, 0.2) is 18.2 Å². The monoisotopic (exact) mass is 239 g/mol. The molecule has 2 N–H and O–H groups in total. The molecule has 4 heteroatoms. The standard InChI is InChI=1S/C13H21NO3/c1-9(2)14-11(8-15)10-6-5-7-12(16-3)13(10)17-4/h5-7,9,11,14-15H,8H2,1-4H3. The minimum atomic E-state index is -0.153. The van der Waals surface area contributed by atoms with E-state index in [4.69, 9.17) is 9.47 Å². The van der Waals surface area contributed by atoms with E-state index < -0.39 is 0 Å². The Hall–Kier alpha value is -1.26. The molecule has 0 fully saturated rings. The molecule has 0 heterocycles. The van der Waals surface area contributed by atoms with Gasteiger partial charge in [-0.1, -0.05) is 26.0 Å². The third-order valence-electron chi connectivity index (χ3n) is 2.53. The number of rotatable bonds is 6. The van der Waals surface area contributed by atoms with Gasteiger partial charge in [-0.05, 0) is 6.07 Å². The van der Waals surface area contributed by atoms with Crippen LogP contribution < -0.4 is 14.8 Å². The maximum Gasteiger partial charge on any atom is 0.165 e. The molecule has 0 aliphatic carbocycles. The molecule has 1 unspecified atom stereocenters. The van der Waals surface area contributed by atoms with Crippen LogP contribution in [0, 0.1) is 0 Å². The van der Waals surface area contributed by atoms with Crippen LogP contribution in [0.4, 0.5) is 0 Å². The van der Waals surface area contributed by atoms with E-state index >= 15 is 0 Å². The minimum absolute atomic E-state index is 0.0156. The number of nitrogens with one attached hydrogen (secondary N) is 1. The molecule has 4 nitrogen and oxygen atoms in total. The van der Waals surface area contributed by atoms with Crippen molar-refractivity contribution >= 4 is 0 Å². The first-order valence-corrected chi connectivity index (χ1v) is 5.71. The molecule has 1 atom stereocenters. The van der Waals surface area contributed by atoms with Crippen molar-refractivity contribution in [3.8, 4) is 11.5 Å². The lowest BCUT2D eigenvalue weighted by atomic mass is 10.0. The van der Waals surface area contributed by atoms with Crippen molar-refractivity contribution in [2.24, 2.45) is 0 Å². The minimum Gasteiger partial charge on any atom is -0.493 e. The van der Waals surface area contributed by atoms with Crippen molar-refractivity contribution in [1.29, 1.82) is 0 Å². The summed E-state index contributed by atoms with van der Waals surface area (Å²) < 4.78 is 10.6. The van der Waals surface area contributed by atoms with Gasteiger partial charge in [0, 0.05) is 11.6 Å². The van der Waals surface area contributed by atoms with E-state index in [1.165, 1.54) is 0 Å². The van der Waals surface area contributed by atoms with E-state index in [9.17, 15) is 5.11 Å². The summed E-state index contributed by atoms with van der Waals surface area (Å²) in [6, 6.07) is 5.79. The second-order valence-corrected chi connectivity index (χ2v) is 4.14. The van der Waals surface area contributed by atoms with Gasteiger partial charge >= 0.3 is 0 Å². The lowest BCUT2D eigenvalue weighted by molar-refractivity contribution is 0.233. The lowest BCUT2D eigenvalue weighted by Gasteiger charge is -2.22. The fraction of sp³-hybridized carbons (Fsp3) is 0.538. The zero-order valence-corrected chi connectivity index (χ0v) is 10.9. The summed E-state index contributed by atoms with van der Waals surface area (Å²) in [5.74, 6) is 1.34. The van der Waals surface area contributed by atoms with Gasteiger partial charge < -0.3 is 19.9 Å². The van der Waals surface area contributed by atoms with Crippen LogP contribution in [0.25, 0.3) is 0 Å². The molecule has 0 aliphatic heterocycles. The number of para-hydroxylation sites is 1. The van der Waals surface area contributed by atoms with E-state index in [1.54, 1.807) is 14.2 Å². The van der Waals surface area contributed by atoms with E-state index in [0.29, 0.717) is 11.5 Å². The molecule has 1 aromatic carbocycles. The molecule has 1 rings (SSSR count). The number of aliphatic hydroxyl groups is 1. The smallest absolute Gasteiger partial charge is 0.165 e. The van der Waals surface area contributed by atoms with Crippen molar-refractivity contribution in [3.05, 3.63) is 23.8 Å². The van der Waals surface area contributed by atoms with Gasteiger partial charge in [-0.3, -0.25) is 0 Å². The average Bonchev–Trinajstić information content (AvgIpc) is 2.34. The first kappa shape index (κ1) is 13.8. The molecule has 0 spiro atoms. The van der Waals surface area contributed by atoms with Gasteiger partial charge in [0.25, 0.3) is 0 Å². The van der Waals surface area contributed by atoms with Crippen LogP contribution in [0.1, 0.15) is 25.5 Å². The van der Waals surface area contributed by atoms with Gasteiger partial charge in [0.05, 0.1) is 26.9 Å². The highest BCUT2D eigenvalue weighted by atomic mass is 16.5. The van der Waals surface area contributed by atoms with Crippen LogP contribution in [-0.4, -0.2) is 32.0 Å². The summed E-state index contributed by atoms with van der Waals surface area (Å²) in [5.41, 5.74) is 0.906. The first-order chi connectivity index (χ1) is 8.13. The van der Waals surface area contributed by atoms with Crippen LogP contribution in [0.2, 0.25) is 0 Å². The highest BCUT2D eigenvalue weighted by Gasteiger charge is 2.18. The molecule has 0 amide bonds. The molecule has 0 aliphatic rings. The topological polar surface area (TPSA) is 50.7 Å². The quantitative estimate of drug-likeness (QED) is 0.794. The van der Waals surface area contributed by atoms with Crippen molar-refractivity contribution in [2.75, 3.05) is 20.8 Å². The molecular formula is C13H21NO3. The number of aliphatic hydroxyl groups excluding tert-OH is 1. The molecule has 96 valence electrons. The lowest BCUT2D eigenvalue weighted by Crippen LogP contribution is -2.30. The number of benzene rings is 1. The fourth-order valence-corrected chi connectivity index (χ4v) is 1.83. The van der Waals surface area contributed by atoms with Crippen molar-refractivity contribution in [1.82, 2.24) is 5.32 Å². The van der Waals surface area contributed by atoms with Crippen molar-refractivity contribution < 1.29 is 14.6 Å². The number of hydrogen-bond acceptors (Lipinski definition) is 4. The summed E-state index contributed by atoms with van der Waals surface area (Å²) >= 11 is 0. The summed E-state index contributed by atoms with van der Waals surface area (Å²) in [4.78, 5) is 0. The summed E-state index contributed by atoms with van der Waals surface area (Å²) in [6.45, 7) is 4.09. The van der Waals surface area contributed by atoms with Crippen molar-refractivity contribution in [3.63, 3.8) is 0 Å². The van der Waals surface area contributed by atoms with Crippen LogP contribution in [-0.2, 0) is 0 Å². The highest BCUT2D eigenvalue weighted by Crippen LogP contribution is 2.34. The third-order valence-corrected chi connectivity index (χ3v) is 2.53. The highest BCUT2D eigenvalue weighted by molar-refractivity contribution is 5.48. The SMILES string of the molecule is COc1cccc(C(CO)NC(C)C)c1OC. The predicted molar refractivity (Wildman–Crippen MR) is 67.6 cm³/mol. The van der Waals surface area contributed by atoms with Gasteiger partial charge in [0.1, 0.15) is 0 Å². The third kappa shape index (κ3) is 3.35. The predicted octanol–water partition coefficient (Wildman–Crippen LogP) is 1.74.